The first-order valence-electron chi connectivity index (χ1n) is 6.67. The van der Waals surface area contributed by atoms with Crippen molar-refractivity contribution in [2.24, 2.45) is 5.92 Å². The van der Waals surface area contributed by atoms with Crippen LogP contribution in [0.1, 0.15) is 18.4 Å². The number of aldehydes is 1. The maximum Gasteiger partial charge on any atom is 0.123 e. The predicted octanol–water partition coefficient (Wildman–Crippen LogP) is 1.92. The average Bonchev–Trinajstić information content (AvgIpc) is 2.54. The number of piperidine rings is 1. The number of rotatable bonds is 2. The number of fused-ring (bicyclic) bond motifs is 1. The summed E-state index contributed by atoms with van der Waals surface area (Å²) in [5.74, 6) is 0.169. The molecule has 20 heavy (non-hydrogen) atoms. The van der Waals surface area contributed by atoms with E-state index >= 15 is 0 Å². The number of nitrogens with zero attached hydrogens (tertiary/aromatic N) is 4. The summed E-state index contributed by atoms with van der Waals surface area (Å²) in [5, 5.41) is 9.13. The van der Waals surface area contributed by atoms with Gasteiger partial charge in [0.15, 0.2) is 0 Å². The molecule has 0 radical (unpaired) electrons. The van der Waals surface area contributed by atoms with E-state index in [1.807, 2.05) is 6.07 Å². The molecule has 0 bridgehead atoms. The van der Waals surface area contributed by atoms with E-state index < -0.39 is 0 Å². The van der Waals surface area contributed by atoms with Gasteiger partial charge in [-0.25, -0.2) is 0 Å². The van der Waals surface area contributed by atoms with Gasteiger partial charge < -0.3 is 9.69 Å². The first kappa shape index (κ1) is 12.5. The van der Waals surface area contributed by atoms with Crippen molar-refractivity contribution in [3.63, 3.8) is 0 Å². The molecule has 100 valence electrons. The van der Waals surface area contributed by atoms with Gasteiger partial charge in [-0.15, -0.1) is 0 Å². The number of benzene rings is 1. The number of anilines is 1. The van der Waals surface area contributed by atoms with Crippen molar-refractivity contribution in [2.75, 3.05) is 18.0 Å². The number of hydrogen-bond donors (Lipinski definition) is 0. The van der Waals surface area contributed by atoms with Gasteiger partial charge in [0, 0.05) is 31.4 Å². The third-order valence-electron chi connectivity index (χ3n) is 3.80. The maximum absolute atomic E-state index is 10.8. The fourth-order valence-electron chi connectivity index (χ4n) is 2.66. The minimum Gasteiger partial charge on any atom is -0.370 e. The third kappa shape index (κ3) is 2.10. The van der Waals surface area contributed by atoms with Crippen LogP contribution in [0.5, 0.6) is 0 Å². The summed E-state index contributed by atoms with van der Waals surface area (Å²) < 4.78 is 0. The Morgan fingerprint density at radius 2 is 1.90 bits per heavy atom. The van der Waals surface area contributed by atoms with E-state index in [0.717, 1.165) is 43.4 Å². The molecule has 1 aliphatic rings. The molecule has 1 saturated heterocycles. The molecule has 1 aromatic carbocycles. The Bertz CT molecular complexity index is 684. The van der Waals surface area contributed by atoms with E-state index in [1.54, 1.807) is 18.5 Å². The quantitative estimate of drug-likeness (QED) is 0.777. The first-order chi connectivity index (χ1) is 9.83. The minimum atomic E-state index is 0.169. The Kier molecular flexibility index (Phi) is 3.30. The average molecular weight is 266 g/mol. The molecular formula is C15H14N4O. The standard InChI is InChI=1S/C15H14N4O/c16-9-12-1-2-13(15-14(12)17-5-6-18-15)19-7-3-11(10-20)4-8-19/h1-2,5-6,10-11H,3-4,7-8H2. The van der Waals surface area contributed by atoms with E-state index in [0.29, 0.717) is 11.1 Å². The largest absolute Gasteiger partial charge is 0.370 e. The van der Waals surface area contributed by atoms with Crippen molar-refractivity contribution < 1.29 is 4.79 Å². The summed E-state index contributed by atoms with van der Waals surface area (Å²) in [4.78, 5) is 21.7. The Morgan fingerprint density at radius 1 is 1.20 bits per heavy atom. The van der Waals surface area contributed by atoms with Gasteiger partial charge >= 0.3 is 0 Å². The zero-order valence-electron chi connectivity index (χ0n) is 11.0. The number of carbonyl (C=O) groups is 1. The van der Waals surface area contributed by atoms with Crippen molar-refractivity contribution in [3.05, 3.63) is 30.1 Å². The SMILES string of the molecule is N#Cc1ccc(N2CCC(C=O)CC2)c2nccnc12. The zero-order valence-corrected chi connectivity index (χ0v) is 11.0. The molecule has 0 spiro atoms. The van der Waals surface area contributed by atoms with E-state index in [2.05, 4.69) is 20.9 Å². The number of nitriles is 1. The molecule has 1 aliphatic heterocycles. The lowest BCUT2D eigenvalue weighted by Gasteiger charge is -2.31. The highest BCUT2D eigenvalue weighted by Gasteiger charge is 2.21. The molecule has 5 heteroatoms. The van der Waals surface area contributed by atoms with E-state index in [4.69, 9.17) is 5.26 Å². The molecule has 1 aromatic heterocycles. The molecule has 0 N–H and O–H groups in total. The van der Waals surface area contributed by atoms with Crippen LogP contribution in [0.25, 0.3) is 11.0 Å². The van der Waals surface area contributed by atoms with Crippen LogP contribution in [0.2, 0.25) is 0 Å². The number of carbonyl (C=O) groups excluding carboxylic acids is 1. The molecule has 0 amide bonds. The highest BCUT2D eigenvalue weighted by molar-refractivity contribution is 5.92. The Hall–Kier alpha value is -2.48. The molecular weight excluding hydrogens is 252 g/mol. The summed E-state index contributed by atoms with van der Waals surface area (Å²) in [5.41, 5.74) is 2.94. The molecule has 0 unspecified atom stereocenters. The van der Waals surface area contributed by atoms with Gasteiger partial charge in [-0.3, -0.25) is 9.97 Å². The fourth-order valence-corrected chi connectivity index (χ4v) is 2.66. The molecule has 2 heterocycles. The second-order valence-corrected chi connectivity index (χ2v) is 4.96. The van der Waals surface area contributed by atoms with Crippen LogP contribution >= 0.6 is 0 Å². The second-order valence-electron chi connectivity index (χ2n) is 4.96. The van der Waals surface area contributed by atoms with Crippen LogP contribution in [0.3, 0.4) is 0 Å². The molecule has 5 nitrogen and oxygen atoms in total. The van der Waals surface area contributed by atoms with Crippen molar-refractivity contribution in [3.8, 4) is 6.07 Å². The van der Waals surface area contributed by atoms with Crippen LogP contribution in [0.4, 0.5) is 5.69 Å². The van der Waals surface area contributed by atoms with Gasteiger partial charge in [0.25, 0.3) is 0 Å². The lowest BCUT2D eigenvalue weighted by Crippen LogP contribution is -2.34. The van der Waals surface area contributed by atoms with Crippen molar-refractivity contribution in [2.45, 2.75) is 12.8 Å². The monoisotopic (exact) mass is 266 g/mol. The summed E-state index contributed by atoms with van der Waals surface area (Å²) in [6.45, 7) is 1.67. The van der Waals surface area contributed by atoms with Gasteiger partial charge in [-0.2, -0.15) is 5.26 Å². The predicted molar refractivity (Wildman–Crippen MR) is 75.3 cm³/mol. The van der Waals surface area contributed by atoms with Crippen LogP contribution < -0.4 is 4.90 Å². The minimum absolute atomic E-state index is 0.169. The van der Waals surface area contributed by atoms with Crippen molar-refractivity contribution in [1.29, 1.82) is 5.26 Å². The van der Waals surface area contributed by atoms with E-state index in [-0.39, 0.29) is 5.92 Å². The third-order valence-corrected chi connectivity index (χ3v) is 3.80. The summed E-state index contributed by atoms with van der Waals surface area (Å²) >= 11 is 0. The molecule has 0 saturated carbocycles. The highest BCUT2D eigenvalue weighted by atomic mass is 16.1. The van der Waals surface area contributed by atoms with E-state index in [1.165, 1.54) is 0 Å². The lowest BCUT2D eigenvalue weighted by atomic mass is 9.98. The van der Waals surface area contributed by atoms with Crippen LogP contribution in [0, 0.1) is 17.2 Å². The fraction of sp³-hybridized carbons (Fsp3) is 0.333. The van der Waals surface area contributed by atoms with Gasteiger partial charge in [0.1, 0.15) is 23.4 Å². The summed E-state index contributed by atoms with van der Waals surface area (Å²) in [6, 6.07) is 5.87. The molecule has 0 atom stereocenters. The topological polar surface area (TPSA) is 69.9 Å². The molecule has 1 fully saturated rings. The van der Waals surface area contributed by atoms with Gasteiger partial charge in [-0.1, -0.05) is 0 Å². The van der Waals surface area contributed by atoms with Crippen LogP contribution in [-0.4, -0.2) is 29.3 Å². The van der Waals surface area contributed by atoms with Crippen LogP contribution in [-0.2, 0) is 4.79 Å². The Labute approximate surface area is 116 Å². The normalized spacial score (nSPS) is 16.1. The number of aromatic nitrogens is 2. The maximum atomic E-state index is 10.8. The smallest absolute Gasteiger partial charge is 0.123 e. The second kappa shape index (κ2) is 5.25. The highest BCUT2D eigenvalue weighted by Crippen LogP contribution is 2.29. The molecule has 2 aromatic rings. The van der Waals surface area contributed by atoms with E-state index in [9.17, 15) is 4.79 Å². The lowest BCUT2D eigenvalue weighted by molar-refractivity contribution is -0.111. The van der Waals surface area contributed by atoms with Gasteiger partial charge in [0.2, 0.25) is 0 Å². The van der Waals surface area contributed by atoms with Gasteiger partial charge in [0.05, 0.1) is 11.3 Å². The van der Waals surface area contributed by atoms with Crippen LogP contribution in [0.15, 0.2) is 24.5 Å². The molecule has 3 rings (SSSR count). The zero-order chi connectivity index (χ0) is 13.9. The number of hydrogen-bond acceptors (Lipinski definition) is 5. The first-order valence-corrected chi connectivity index (χ1v) is 6.67. The summed E-state index contributed by atoms with van der Waals surface area (Å²) in [7, 11) is 0. The van der Waals surface area contributed by atoms with Crippen molar-refractivity contribution >= 4 is 23.0 Å². The van der Waals surface area contributed by atoms with Gasteiger partial charge in [-0.05, 0) is 25.0 Å². The van der Waals surface area contributed by atoms with Crippen molar-refractivity contribution in [1.82, 2.24) is 9.97 Å². The Morgan fingerprint density at radius 3 is 2.55 bits per heavy atom. The molecule has 0 aliphatic carbocycles. The summed E-state index contributed by atoms with van der Waals surface area (Å²) in [6.07, 6.45) is 6.03. The Balaban J connectivity index is 2.01.